The Bertz CT molecular complexity index is 509. The minimum absolute atomic E-state index is 0.197. The number of rotatable bonds is 5. The van der Waals surface area contributed by atoms with Crippen molar-refractivity contribution in [3.05, 3.63) is 41.7 Å². The van der Waals surface area contributed by atoms with E-state index >= 15 is 0 Å². The molecule has 0 aliphatic carbocycles. The van der Waals surface area contributed by atoms with Crippen molar-refractivity contribution in [3.63, 3.8) is 0 Å². The Hall–Kier alpha value is -1.88. The fraction of sp³-hybridized carbons (Fsp3) is 0.385. The molecule has 1 heterocycles. The molecule has 0 saturated heterocycles. The SMILES string of the molecule is COc1ccccc1[C@@H](C)NCc1cn(C)nn1. The lowest BCUT2D eigenvalue weighted by atomic mass is 10.1. The van der Waals surface area contributed by atoms with Crippen LogP contribution in [-0.4, -0.2) is 22.1 Å². The van der Waals surface area contributed by atoms with Crippen molar-refractivity contribution in [1.29, 1.82) is 0 Å². The third-order valence-corrected chi connectivity index (χ3v) is 2.84. The van der Waals surface area contributed by atoms with Gasteiger partial charge >= 0.3 is 0 Å². The van der Waals surface area contributed by atoms with Gasteiger partial charge in [0, 0.05) is 31.4 Å². The highest BCUT2D eigenvalue weighted by Crippen LogP contribution is 2.24. The molecule has 18 heavy (non-hydrogen) atoms. The largest absolute Gasteiger partial charge is 0.496 e. The maximum Gasteiger partial charge on any atom is 0.123 e. The van der Waals surface area contributed by atoms with Gasteiger partial charge in [-0.15, -0.1) is 5.10 Å². The number of nitrogens with one attached hydrogen (secondary N) is 1. The highest BCUT2D eigenvalue weighted by Gasteiger charge is 2.10. The van der Waals surface area contributed by atoms with Crippen LogP contribution < -0.4 is 10.1 Å². The third kappa shape index (κ3) is 2.87. The Labute approximate surface area is 107 Å². The summed E-state index contributed by atoms with van der Waals surface area (Å²) in [6.45, 7) is 2.79. The van der Waals surface area contributed by atoms with Crippen LogP contribution in [0.1, 0.15) is 24.2 Å². The van der Waals surface area contributed by atoms with Gasteiger partial charge in [0.1, 0.15) is 5.75 Å². The molecule has 1 atom stereocenters. The lowest BCUT2D eigenvalue weighted by Crippen LogP contribution is -2.18. The van der Waals surface area contributed by atoms with Crippen molar-refractivity contribution < 1.29 is 4.74 Å². The number of methoxy groups -OCH3 is 1. The van der Waals surface area contributed by atoms with E-state index < -0.39 is 0 Å². The zero-order chi connectivity index (χ0) is 13.0. The molecular formula is C13H18N4O. The van der Waals surface area contributed by atoms with Crippen molar-refractivity contribution in [3.8, 4) is 5.75 Å². The van der Waals surface area contributed by atoms with Gasteiger partial charge in [0.15, 0.2) is 0 Å². The van der Waals surface area contributed by atoms with Crippen molar-refractivity contribution in [1.82, 2.24) is 20.3 Å². The predicted molar refractivity (Wildman–Crippen MR) is 69.3 cm³/mol. The van der Waals surface area contributed by atoms with Crippen LogP contribution in [0.4, 0.5) is 0 Å². The molecule has 0 bridgehead atoms. The summed E-state index contributed by atoms with van der Waals surface area (Å²) in [6.07, 6.45) is 1.90. The van der Waals surface area contributed by atoms with Crippen LogP contribution in [0.2, 0.25) is 0 Å². The smallest absolute Gasteiger partial charge is 0.123 e. The van der Waals surface area contributed by atoms with Crippen LogP contribution in [0.15, 0.2) is 30.5 Å². The number of hydrogen-bond donors (Lipinski definition) is 1. The molecule has 0 saturated carbocycles. The minimum atomic E-state index is 0.197. The number of benzene rings is 1. The first-order chi connectivity index (χ1) is 8.70. The quantitative estimate of drug-likeness (QED) is 0.872. The summed E-state index contributed by atoms with van der Waals surface area (Å²) < 4.78 is 7.05. The summed E-state index contributed by atoms with van der Waals surface area (Å²) in [4.78, 5) is 0. The summed E-state index contributed by atoms with van der Waals surface area (Å²) in [5.41, 5.74) is 2.07. The number of aromatic nitrogens is 3. The van der Waals surface area contributed by atoms with Crippen molar-refractivity contribution in [2.45, 2.75) is 19.5 Å². The number of ether oxygens (including phenoxy) is 1. The van der Waals surface area contributed by atoms with E-state index in [0.717, 1.165) is 17.0 Å². The van der Waals surface area contributed by atoms with Gasteiger partial charge in [-0.1, -0.05) is 23.4 Å². The zero-order valence-corrected chi connectivity index (χ0v) is 10.9. The van der Waals surface area contributed by atoms with E-state index in [1.807, 2.05) is 31.4 Å². The molecule has 0 fully saturated rings. The Morgan fingerprint density at radius 2 is 2.17 bits per heavy atom. The van der Waals surface area contributed by atoms with Gasteiger partial charge in [0.2, 0.25) is 0 Å². The van der Waals surface area contributed by atoms with E-state index in [9.17, 15) is 0 Å². The lowest BCUT2D eigenvalue weighted by Gasteiger charge is -2.16. The predicted octanol–water partition coefficient (Wildman–Crippen LogP) is 1.67. The van der Waals surface area contributed by atoms with Gasteiger partial charge in [-0.25, -0.2) is 0 Å². The first-order valence-corrected chi connectivity index (χ1v) is 5.92. The molecule has 0 radical (unpaired) electrons. The summed E-state index contributed by atoms with van der Waals surface area (Å²) >= 11 is 0. The standard InChI is InChI=1S/C13H18N4O/c1-10(12-6-4-5-7-13(12)18-3)14-8-11-9-17(2)16-15-11/h4-7,9-10,14H,8H2,1-3H3/t10-/m1/s1. The fourth-order valence-electron chi connectivity index (χ4n) is 1.87. The fourth-order valence-corrected chi connectivity index (χ4v) is 1.87. The van der Waals surface area contributed by atoms with E-state index in [1.165, 1.54) is 0 Å². The van der Waals surface area contributed by atoms with E-state index in [2.05, 4.69) is 28.6 Å². The average Bonchev–Trinajstić information content (AvgIpc) is 2.81. The first kappa shape index (κ1) is 12.6. The van der Waals surface area contributed by atoms with Gasteiger partial charge in [0.05, 0.1) is 12.8 Å². The maximum atomic E-state index is 5.35. The summed E-state index contributed by atoms with van der Waals surface area (Å²) in [6, 6.07) is 8.21. The van der Waals surface area contributed by atoms with Gasteiger partial charge < -0.3 is 10.1 Å². The first-order valence-electron chi connectivity index (χ1n) is 5.92. The second kappa shape index (κ2) is 5.64. The van der Waals surface area contributed by atoms with Gasteiger partial charge in [-0.05, 0) is 13.0 Å². The molecule has 0 aliphatic rings. The average molecular weight is 246 g/mol. The molecule has 1 aromatic carbocycles. The Morgan fingerprint density at radius 1 is 1.39 bits per heavy atom. The summed E-state index contributed by atoms with van der Waals surface area (Å²) in [7, 11) is 3.55. The van der Waals surface area contributed by atoms with E-state index in [4.69, 9.17) is 4.74 Å². The summed E-state index contributed by atoms with van der Waals surface area (Å²) in [5, 5.41) is 11.4. The zero-order valence-electron chi connectivity index (χ0n) is 10.9. The van der Waals surface area contributed by atoms with Crippen LogP contribution in [0.5, 0.6) is 5.75 Å². The van der Waals surface area contributed by atoms with Crippen molar-refractivity contribution >= 4 is 0 Å². The van der Waals surface area contributed by atoms with Crippen molar-refractivity contribution in [2.24, 2.45) is 7.05 Å². The van der Waals surface area contributed by atoms with Crippen molar-refractivity contribution in [2.75, 3.05) is 7.11 Å². The van der Waals surface area contributed by atoms with Crippen LogP contribution >= 0.6 is 0 Å². The molecule has 5 heteroatoms. The van der Waals surface area contributed by atoms with E-state index in [-0.39, 0.29) is 6.04 Å². The van der Waals surface area contributed by atoms with Crippen LogP contribution in [-0.2, 0) is 13.6 Å². The number of para-hydroxylation sites is 1. The van der Waals surface area contributed by atoms with E-state index in [1.54, 1.807) is 11.8 Å². The second-order valence-corrected chi connectivity index (χ2v) is 4.23. The molecule has 1 N–H and O–H groups in total. The van der Waals surface area contributed by atoms with Gasteiger partial charge in [-0.2, -0.15) is 0 Å². The second-order valence-electron chi connectivity index (χ2n) is 4.23. The Balaban J connectivity index is 2.01. The van der Waals surface area contributed by atoms with Crippen LogP contribution in [0.3, 0.4) is 0 Å². The van der Waals surface area contributed by atoms with Crippen LogP contribution in [0.25, 0.3) is 0 Å². The monoisotopic (exact) mass is 246 g/mol. The topological polar surface area (TPSA) is 52.0 Å². The molecule has 96 valence electrons. The number of aryl methyl sites for hydroxylation is 1. The normalized spacial score (nSPS) is 12.4. The highest BCUT2D eigenvalue weighted by molar-refractivity contribution is 5.35. The molecule has 0 aliphatic heterocycles. The molecule has 5 nitrogen and oxygen atoms in total. The van der Waals surface area contributed by atoms with Crippen LogP contribution in [0, 0.1) is 0 Å². The maximum absolute atomic E-state index is 5.35. The molecule has 0 spiro atoms. The molecule has 0 unspecified atom stereocenters. The third-order valence-electron chi connectivity index (χ3n) is 2.84. The Kier molecular flexibility index (Phi) is 3.94. The van der Waals surface area contributed by atoms with E-state index in [0.29, 0.717) is 6.54 Å². The summed E-state index contributed by atoms with van der Waals surface area (Å²) in [5.74, 6) is 0.900. The molecule has 2 rings (SSSR count). The minimum Gasteiger partial charge on any atom is -0.496 e. The molecule has 0 amide bonds. The molecule has 2 aromatic rings. The van der Waals surface area contributed by atoms with Gasteiger partial charge in [0.25, 0.3) is 0 Å². The highest BCUT2D eigenvalue weighted by atomic mass is 16.5. The Morgan fingerprint density at radius 3 is 2.83 bits per heavy atom. The van der Waals surface area contributed by atoms with Gasteiger partial charge in [-0.3, -0.25) is 4.68 Å². The molecule has 1 aromatic heterocycles. The number of nitrogens with zero attached hydrogens (tertiary/aromatic N) is 3. The number of hydrogen-bond acceptors (Lipinski definition) is 4. The lowest BCUT2D eigenvalue weighted by molar-refractivity contribution is 0.401. The molecular weight excluding hydrogens is 228 g/mol.